The van der Waals surface area contributed by atoms with Gasteiger partial charge in [-0.1, -0.05) is 24.3 Å². The number of nitrogens with zero attached hydrogens (tertiary/aromatic N) is 2. The molecule has 0 aliphatic carbocycles. The number of nitrogens with one attached hydrogen (secondary N) is 1. The molecule has 2 aliphatic rings. The highest BCUT2D eigenvalue weighted by Crippen LogP contribution is 2.34. The van der Waals surface area contributed by atoms with Crippen LogP contribution < -0.4 is 4.72 Å². The minimum atomic E-state index is -3.47. The standard InChI is InChI=1S/C19H23N3O3S/c23-26(24,17-7-2-1-3-8-17)21-10-15-14-25-19-13-22(12-18(15)19)11-16-6-4-5-9-20-16/h1-9,15,18-19,21H,10-14H2/t15-,18+,19+/m1/s1. The van der Waals surface area contributed by atoms with Crippen LogP contribution in [0.15, 0.2) is 59.6 Å². The molecule has 2 aliphatic heterocycles. The molecule has 2 saturated heterocycles. The summed E-state index contributed by atoms with van der Waals surface area (Å²) in [7, 11) is -3.47. The Morgan fingerprint density at radius 2 is 1.92 bits per heavy atom. The van der Waals surface area contributed by atoms with Gasteiger partial charge in [0.05, 0.1) is 23.3 Å². The number of benzene rings is 1. The van der Waals surface area contributed by atoms with Crippen LogP contribution >= 0.6 is 0 Å². The van der Waals surface area contributed by atoms with E-state index in [0.717, 1.165) is 25.3 Å². The van der Waals surface area contributed by atoms with Crippen LogP contribution in [0.1, 0.15) is 5.69 Å². The molecule has 3 heterocycles. The molecule has 0 radical (unpaired) electrons. The van der Waals surface area contributed by atoms with Crippen LogP contribution in [-0.2, 0) is 21.3 Å². The Labute approximate surface area is 154 Å². The summed E-state index contributed by atoms with van der Waals surface area (Å²) < 4.78 is 33.5. The van der Waals surface area contributed by atoms with Crippen molar-refractivity contribution in [1.29, 1.82) is 0 Å². The zero-order valence-electron chi connectivity index (χ0n) is 14.5. The number of sulfonamides is 1. The molecule has 7 heteroatoms. The third kappa shape index (κ3) is 3.81. The zero-order chi connectivity index (χ0) is 18.0. The van der Waals surface area contributed by atoms with Crippen LogP contribution in [0.4, 0.5) is 0 Å². The lowest BCUT2D eigenvalue weighted by molar-refractivity contribution is 0.0940. The van der Waals surface area contributed by atoms with Gasteiger partial charge < -0.3 is 4.74 Å². The van der Waals surface area contributed by atoms with Gasteiger partial charge in [-0.05, 0) is 24.3 Å². The number of aromatic nitrogens is 1. The fourth-order valence-electron chi connectivity index (χ4n) is 3.84. The van der Waals surface area contributed by atoms with Crippen LogP contribution in [0.3, 0.4) is 0 Å². The van der Waals surface area contributed by atoms with Crippen LogP contribution in [0.2, 0.25) is 0 Å². The van der Waals surface area contributed by atoms with Crippen molar-refractivity contribution in [2.75, 3.05) is 26.2 Å². The van der Waals surface area contributed by atoms with Crippen molar-refractivity contribution in [3.05, 3.63) is 60.4 Å². The molecule has 0 bridgehead atoms. The van der Waals surface area contributed by atoms with Crippen LogP contribution in [0.5, 0.6) is 0 Å². The van der Waals surface area contributed by atoms with Gasteiger partial charge in [-0.25, -0.2) is 13.1 Å². The number of likely N-dealkylation sites (tertiary alicyclic amines) is 1. The number of hydrogen-bond acceptors (Lipinski definition) is 5. The SMILES string of the molecule is O=S(=O)(NC[C@@H]1CO[C@H]2CN(Cc3ccccn3)C[C@@H]12)c1ccccc1. The highest BCUT2D eigenvalue weighted by atomic mass is 32.2. The van der Waals surface area contributed by atoms with Crippen molar-refractivity contribution in [3.8, 4) is 0 Å². The smallest absolute Gasteiger partial charge is 0.240 e. The molecule has 1 aromatic carbocycles. The lowest BCUT2D eigenvalue weighted by Crippen LogP contribution is -2.34. The highest BCUT2D eigenvalue weighted by Gasteiger charge is 2.43. The summed E-state index contributed by atoms with van der Waals surface area (Å²) in [6.45, 7) is 3.63. The molecule has 0 spiro atoms. The fourth-order valence-corrected chi connectivity index (χ4v) is 4.96. The Hall–Kier alpha value is -1.80. The first kappa shape index (κ1) is 17.6. The van der Waals surface area contributed by atoms with Gasteiger partial charge in [-0.3, -0.25) is 9.88 Å². The van der Waals surface area contributed by atoms with Gasteiger partial charge in [0.15, 0.2) is 0 Å². The molecule has 6 nitrogen and oxygen atoms in total. The van der Waals surface area contributed by atoms with Crippen molar-refractivity contribution in [1.82, 2.24) is 14.6 Å². The normalized spacial score (nSPS) is 26.1. The van der Waals surface area contributed by atoms with E-state index in [1.807, 2.05) is 30.5 Å². The summed E-state index contributed by atoms with van der Waals surface area (Å²) >= 11 is 0. The molecule has 138 valence electrons. The average molecular weight is 373 g/mol. The maximum Gasteiger partial charge on any atom is 0.240 e. The quantitative estimate of drug-likeness (QED) is 0.831. The minimum Gasteiger partial charge on any atom is -0.376 e. The molecule has 0 amide bonds. The van der Waals surface area contributed by atoms with Gasteiger partial charge in [-0.2, -0.15) is 0 Å². The Morgan fingerprint density at radius 3 is 2.69 bits per heavy atom. The molecule has 1 aromatic heterocycles. The molecular formula is C19H23N3O3S. The second-order valence-corrected chi connectivity index (χ2v) is 8.74. The van der Waals surface area contributed by atoms with Crippen molar-refractivity contribution in [2.45, 2.75) is 17.5 Å². The predicted octanol–water partition coefficient (Wildman–Crippen LogP) is 1.51. The number of rotatable bonds is 6. The van der Waals surface area contributed by atoms with Crippen LogP contribution in [-0.4, -0.2) is 50.6 Å². The summed E-state index contributed by atoms with van der Waals surface area (Å²) in [5, 5.41) is 0. The summed E-state index contributed by atoms with van der Waals surface area (Å²) in [5.74, 6) is 0.560. The van der Waals surface area contributed by atoms with Crippen molar-refractivity contribution >= 4 is 10.0 Å². The average Bonchev–Trinajstić information content (AvgIpc) is 3.22. The highest BCUT2D eigenvalue weighted by molar-refractivity contribution is 7.89. The zero-order valence-corrected chi connectivity index (χ0v) is 15.3. The Bertz CT molecular complexity index is 830. The first-order valence-corrected chi connectivity index (χ1v) is 10.4. The second-order valence-electron chi connectivity index (χ2n) is 6.98. The molecule has 2 fully saturated rings. The van der Waals surface area contributed by atoms with E-state index in [0.29, 0.717) is 24.0 Å². The summed E-state index contributed by atoms with van der Waals surface area (Å²) in [6, 6.07) is 14.4. The largest absolute Gasteiger partial charge is 0.376 e. The first-order chi connectivity index (χ1) is 12.6. The van der Waals surface area contributed by atoms with E-state index < -0.39 is 10.0 Å². The molecule has 4 rings (SSSR count). The number of ether oxygens (including phenoxy) is 1. The molecule has 0 saturated carbocycles. The van der Waals surface area contributed by atoms with Crippen LogP contribution in [0, 0.1) is 11.8 Å². The first-order valence-electron chi connectivity index (χ1n) is 8.90. The second kappa shape index (κ2) is 7.44. The van der Waals surface area contributed by atoms with Gasteiger partial charge in [-0.15, -0.1) is 0 Å². The molecule has 0 unspecified atom stereocenters. The Balaban J connectivity index is 1.35. The summed E-state index contributed by atoms with van der Waals surface area (Å²) in [6.07, 6.45) is 1.99. The van der Waals surface area contributed by atoms with Gasteiger partial charge in [0, 0.05) is 44.2 Å². The van der Waals surface area contributed by atoms with E-state index in [2.05, 4.69) is 14.6 Å². The summed E-state index contributed by atoms with van der Waals surface area (Å²) in [4.78, 5) is 7.03. The Morgan fingerprint density at radius 1 is 1.12 bits per heavy atom. The third-order valence-corrected chi connectivity index (χ3v) is 6.65. The molecule has 1 N–H and O–H groups in total. The minimum absolute atomic E-state index is 0.185. The van der Waals surface area contributed by atoms with Crippen LogP contribution in [0.25, 0.3) is 0 Å². The molecule has 2 aromatic rings. The van der Waals surface area contributed by atoms with Gasteiger partial charge >= 0.3 is 0 Å². The maximum atomic E-state index is 12.4. The van der Waals surface area contributed by atoms with Gasteiger partial charge in [0.25, 0.3) is 0 Å². The predicted molar refractivity (Wildman–Crippen MR) is 97.9 cm³/mol. The number of pyridine rings is 1. The molecule has 3 atom stereocenters. The third-order valence-electron chi connectivity index (χ3n) is 5.22. The van der Waals surface area contributed by atoms with E-state index in [1.54, 1.807) is 24.3 Å². The van der Waals surface area contributed by atoms with Crippen molar-refractivity contribution in [3.63, 3.8) is 0 Å². The topological polar surface area (TPSA) is 71.5 Å². The lowest BCUT2D eigenvalue weighted by Gasteiger charge is -2.19. The van der Waals surface area contributed by atoms with E-state index in [9.17, 15) is 8.42 Å². The number of fused-ring (bicyclic) bond motifs is 1. The molecule has 26 heavy (non-hydrogen) atoms. The lowest BCUT2D eigenvalue weighted by atomic mass is 9.93. The fraction of sp³-hybridized carbons (Fsp3) is 0.421. The number of hydrogen-bond donors (Lipinski definition) is 1. The van der Waals surface area contributed by atoms with Gasteiger partial charge in [0.2, 0.25) is 10.0 Å². The van der Waals surface area contributed by atoms with E-state index in [4.69, 9.17) is 4.74 Å². The van der Waals surface area contributed by atoms with E-state index in [1.165, 1.54) is 0 Å². The van der Waals surface area contributed by atoms with Crippen molar-refractivity contribution in [2.24, 2.45) is 11.8 Å². The summed E-state index contributed by atoms with van der Waals surface area (Å²) in [5.41, 5.74) is 1.05. The van der Waals surface area contributed by atoms with Crippen molar-refractivity contribution < 1.29 is 13.2 Å². The van der Waals surface area contributed by atoms with Gasteiger partial charge in [0.1, 0.15) is 0 Å². The van der Waals surface area contributed by atoms with E-state index >= 15 is 0 Å². The van der Waals surface area contributed by atoms with E-state index in [-0.39, 0.29) is 12.0 Å². The monoisotopic (exact) mass is 373 g/mol. The molecular weight excluding hydrogens is 350 g/mol. The Kier molecular flexibility index (Phi) is 5.04. The maximum absolute atomic E-state index is 12.4.